The third-order valence-corrected chi connectivity index (χ3v) is 3.97. The zero-order chi connectivity index (χ0) is 13.1. The van der Waals surface area contributed by atoms with Crippen LogP contribution in [0.2, 0.25) is 0 Å². The van der Waals surface area contributed by atoms with Crippen LogP contribution >= 0.6 is 0 Å². The summed E-state index contributed by atoms with van der Waals surface area (Å²) in [4.78, 5) is 13.8. The van der Waals surface area contributed by atoms with E-state index in [1.807, 2.05) is 18.7 Å². The topological polar surface area (TPSA) is 32.3 Å². The molecule has 0 aromatic rings. The van der Waals surface area contributed by atoms with Crippen LogP contribution in [0.5, 0.6) is 0 Å². The molecule has 0 aliphatic heterocycles. The largest absolute Gasteiger partial charge is 0.342 e. The Hall–Kier alpha value is -0.570. The maximum atomic E-state index is 11.9. The van der Waals surface area contributed by atoms with Gasteiger partial charge in [0.25, 0.3) is 0 Å². The summed E-state index contributed by atoms with van der Waals surface area (Å²) >= 11 is 0. The van der Waals surface area contributed by atoms with E-state index in [0.29, 0.717) is 23.9 Å². The van der Waals surface area contributed by atoms with Gasteiger partial charge in [-0.1, -0.05) is 20.8 Å². The fourth-order valence-electron chi connectivity index (χ4n) is 3.07. The molecule has 3 heteroatoms. The van der Waals surface area contributed by atoms with Crippen LogP contribution in [-0.2, 0) is 4.79 Å². The van der Waals surface area contributed by atoms with E-state index in [0.717, 1.165) is 13.1 Å². The quantitative estimate of drug-likeness (QED) is 0.799. The van der Waals surface area contributed by atoms with Gasteiger partial charge >= 0.3 is 0 Å². The number of rotatable bonds is 5. The normalized spacial score (nSPS) is 27.1. The summed E-state index contributed by atoms with van der Waals surface area (Å²) in [6.45, 7) is 13.1. The van der Waals surface area contributed by atoms with E-state index in [2.05, 4.69) is 26.1 Å². The van der Waals surface area contributed by atoms with Gasteiger partial charge in [-0.2, -0.15) is 0 Å². The number of amides is 1. The van der Waals surface area contributed by atoms with E-state index in [9.17, 15) is 4.79 Å². The van der Waals surface area contributed by atoms with E-state index >= 15 is 0 Å². The van der Waals surface area contributed by atoms with E-state index in [1.54, 1.807) is 0 Å². The number of likely N-dealkylation sites (N-methyl/N-ethyl adjacent to an activating group) is 1. The van der Waals surface area contributed by atoms with Crippen molar-refractivity contribution in [1.82, 2.24) is 10.2 Å². The van der Waals surface area contributed by atoms with Crippen molar-refractivity contribution in [2.24, 2.45) is 11.3 Å². The van der Waals surface area contributed by atoms with Crippen LogP contribution in [0.1, 0.15) is 47.5 Å². The van der Waals surface area contributed by atoms with Crippen molar-refractivity contribution in [1.29, 1.82) is 0 Å². The minimum Gasteiger partial charge on any atom is -0.342 e. The maximum absolute atomic E-state index is 11.9. The molecule has 2 unspecified atom stereocenters. The molecule has 17 heavy (non-hydrogen) atoms. The second-order valence-corrected chi connectivity index (χ2v) is 6.10. The molecule has 0 spiro atoms. The molecule has 1 fully saturated rings. The molecule has 0 heterocycles. The molecule has 0 radical (unpaired) electrons. The van der Waals surface area contributed by atoms with E-state index in [1.165, 1.54) is 12.8 Å². The molecular weight excluding hydrogens is 212 g/mol. The molecule has 3 nitrogen and oxygen atoms in total. The summed E-state index contributed by atoms with van der Waals surface area (Å²) in [5, 5.41) is 3.44. The van der Waals surface area contributed by atoms with Crippen molar-refractivity contribution >= 4 is 5.91 Å². The number of hydrogen-bond donors (Lipinski definition) is 1. The summed E-state index contributed by atoms with van der Waals surface area (Å²) < 4.78 is 0. The van der Waals surface area contributed by atoms with Gasteiger partial charge in [0, 0.05) is 19.1 Å². The zero-order valence-electron chi connectivity index (χ0n) is 12.0. The van der Waals surface area contributed by atoms with Crippen molar-refractivity contribution in [2.45, 2.75) is 53.5 Å². The molecule has 1 saturated carbocycles. The van der Waals surface area contributed by atoms with Crippen LogP contribution in [0.4, 0.5) is 0 Å². The van der Waals surface area contributed by atoms with Crippen LogP contribution in [0.3, 0.4) is 0 Å². The van der Waals surface area contributed by atoms with Gasteiger partial charge in [0.15, 0.2) is 0 Å². The summed E-state index contributed by atoms with van der Waals surface area (Å²) in [5.74, 6) is 0.904. The molecule has 0 saturated heterocycles. The standard InChI is InChI=1S/C14H28N2O/c1-6-16(7-2)13(17)10-15-12-9-14(4,5)8-11(12)3/h11-12,15H,6-10H2,1-5H3. The van der Waals surface area contributed by atoms with E-state index in [4.69, 9.17) is 0 Å². The summed E-state index contributed by atoms with van der Waals surface area (Å²) in [5.41, 5.74) is 0.426. The zero-order valence-corrected chi connectivity index (χ0v) is 12.0. The Morgan fingerprint density at radius 1 is 1.29 bits per heavy atom. The van der Waals surface area contributed by atoms with Crippen LogP contribution < -0.4 is 5.32 Å². The summed E-state index contributed by atoms with van der Waals surface area (Å²) in [6, 6.07) is 0.504. The minimum atomic E-state index is 0.229. The number of hydrogen-bond acceptors (Lipinski definition) is 2. The molecule has 1 amide bonds. The first-order chi connectivity index (χ1) is 7.89. The molecule has 0 aromatic carbocycles. The Labute approximate surface area is 106 Å². The van der Waals surface area contributed by atoms with Gasteiger partial charge in [0.1, 0.15) is 0 Å². The van der Waals surface area contributed by atoms with Crippen molar-refractivity contribution in [3.8, 4) is 0 Å². The molecule has 1 aliphatic rings. The van der Waals surface area contributed by atoms with Crippen LogP contribution in [0.15, 0.2) is 0 Å². The molecule has 100 valence electrons. The second-order valence-electron chi connectivity index (χ2n) is 6.10. The Kier molecular flexibility index (Phi) is 4.99. The Balaban J connectivity index is 2.39. The maximum Gasteiger partial charge on any atom is 0.236 e. The average Bonchev–Trinajstić information content (AvgIpc) is 2.50. The van der Waals surface area contributed by atoms with Gasteiger partial charge in [-0.25, -0.2) is 0 Å². The fourth-order valence-corrected chi connectivity index (χ4v) is 3.07. The lowest BCUT2D eigenvalue weighted by Crippen LogP contribution is -2.42. The monoisotopic (exact) mass is 240 g/mol. The molecule has 1 N–H and O–H groups in total. The molecule has 0 bridgehead atoms. The number of nitrogens with zero attached hydrogens (tertiary/aromatic N) is 1. The summed E-state index contributed by atoms with van der Waals surface area (Å²) in [6.07, 6.45) is 2.43. The highest BCUT2D eigenvalue weighted by Gasteiger charge is 2.36. The van der Waals surface area contributed by atoms with Crippen molar-refractivity contribution < 1.29 is 4.79 Å². The smallest absolute Gasteiger partial charge is 0.236 e. The molecule has 2 atom stereocenters. The highest BCUT2D eigenvalue weighted by atomic mass is 16.2. The Bertz CT molecular complexity index is 259. The molecule has 1 aliphatic carbocycles. The second kappa shape index (κ2) is 5.85. The number of carbonyl (C=O) groups excluding carboxylic acids is 1. The van der Waals surface area contributed by atoms with Crippen LogP contribution in [0, 0.1) is 11.3 Å². The van der Waals surface area contributed by atoms with Gasteiger partial charge in [0.05, 0.1) is 6.54 Å². The lowest BCUT2D eigenvalue weighted by molar-refractivity contribution is -0.130. The van der Waals surface area contributed by atoms with Crippen molar-refractivity contribution in [3.63, 3.8) is 0 Å². The lowest BCUT2D eigenvalue weighted by Gasteiger charge is -2.22. The minimum absolute atomic E-state index is 0.229. The first-order valence-corrected chi connectivity index (χ1v) is 6.90. The predicted octanol–water partition coefficient (Wildman–Crippen LogP) is 2.27. The average molecular weight is 240 g/mol. The van der Waals surface area contributed by atoms with E-state index < -0.39 is 0 Å². The third-order valence-electron chi connectivity index (χ3n) is 3.97. The first-order valence-electron chi connectivity index (χ1n) is 6.90. The highest BCUT2D eigenvalue weighted by molar-refractivity contribution is 5.78. The van der Waals surface area contributed by atoms with Gasteiger partial charge in [0.2, 0.25) is 5.91 Å². The highest BCUT2D eigenvalue weighted by Crippen LogP contribution is 2.40. The summed E-state index contributed by atoms with van der Waals surface area (Å²) in [7, 11) is 0. The molecule has 1 rings (SSSR count). The van der Waals surface area contributed by atoms with Gasteiger partial charge in [-0.05, 0) is 38.0 Å². The number of carbonyl (C=O) groups is 1. The predicted molar refractivity (Wildman–Crippen MR) is 71.9 cm³/mol. The van der Waals surface area contributed by atoms with Crippen molar-refractivity contribution in [3.05, 3.63) is 0 Å². The lowest BCUT2D eigenvalue weighted by atomic mass is 9.91. The third kappa shape index (κ3) is 3.98. The molecule has 0 aromatic heterocycles. The van der Waals surface area contributed by atoms with Crippen LogP contribution in [0.25, 0.3) is 0 Å². The first kappa shape index (κ1) is 14.5. The van der Waals surface area contributed by atoms with E-state index in [-0.39, 0.29) is 5.91 Å². The fraction of sp³-hybridized carbons (Fsp3) is 0.929. The number of nitrogens with one attached hydrogen (secondary N) is 1. The van der Waals surface area contributed by atoms with Gasteiger partial charge in [-0.15, -0.1) is 0 Å². The Morgan fingerprint density at radius 2 is 1.88 bits per heavy atom. The van der Waals surface area contributed by atoms with Gasteiger partial charge < -0.3 is 10.2 Å². The van der Waals surface area contributed by atoms with Gasteiger partial charge in [-0.3, -0.25) is 4.79 Å². The van der Waals surface area contributed by atoms with Crippen LogP contribution in [-0.4, -0.2) is 36.5 Å². The van der Waals surface area contributed by atoms with Crippen molar-refractivity contribution in [2.75, 3.05) is 19.6 Å². The Morgan fingerprint density at radius 3 is 2.29 bits per heavy atom. The molecular formula is C14H28N2O. The SMILES string of the molecule is CCN(CC)C(=O)CNC1CC(C)(C)CC1C.